The molecule has 0 amide bonds. The molecule has 0 aliphatic heterocycles. The largest absolute Gasteiger partial charge is 0.309 e. The van der Waals surface area contributed by atoms with Gasteiger partial charge in [-0.15, -0.1) is 0 Å². The van der Waals surface area contributed by atoms with E-state index in [-0.39, 0.29) is 0 Å². The van der Waals surface area contributed by atoms with Crippen LogP contribution in [0.5, 0.6) is 0 Å². The Labute approximate surface area is 360 Å². The van der Waals surface area contributed by atoms with Crippen LogP contribution in [0, 0.1) is 0 Å². The van der Waals surface area contributed by atoms with Crippen LogP contribution >= 0.6 is 0 Å². The van der Waals surface area contributed by atoms with Crippen molar-refractivity contribution < 1.29 is 0 Å². The van der Waals surface area contributed by atoms with E-state index < -0.39 is 0 Å². The minimum Gasteiger partial charge on any atom is -0.309 e. The van der Waals surface area contributed by atoms with E-state index >= 15 is 0 Å². The summed E-state index contributed by atoms with van der Waals surface area (Å²) >= 11 is 0. The first kappa shape index (κ1) is 35.7. The second-order valence-corrected chi connectivity index (χ2v) is 16.1. The smallest absolute Gasteiger partial charge is 0.0541 e. The topological polar surface area (TPSA) is 9.86 Å². The van der Waals surface area contributed by atoms with Gasteiger partial charge in [-0.05, 0) is 122 Å². The molecule has 2 heterocycles. The maximum atomic E-state index is 2.43. The Morgan fingerprint density at radius 3 is 1.02 bits per heavy atom. The van der Waals surface area contributed by atoms with Crippen molar-refractivity contribution in [2.24, 2.45) is 0 Å². The molecule has 0 bridgehead atoms. The molecule has 0 spiro atoms. The highest BCUT2D eigenvalue weighted by Gasteiger charge is 2.18. The van der Waals surface area contributed by atoms with Crippen LogP contribution in [-0.4, -0.2) is 9.13 Å². The number of hydrogen-bond acceptors (Lipinski definition) is 0. The zero-order valence-electron chi connectivity index (χ0n) is 34.0. The van der Waals surface area contributed by atoms with Crippen LogP contribution in [0.1, 0.15) is 0 Å². The molecular weight excluding hydrogens is 749 g/mol. The fourth-order valence-electron chi connectivity index (χ4n) is 9.55. The van der Waals surface area contributed by atoms with Gasteiger partial charge in [0.1, 0.15) is 0 Å². The molecule has 0 saturated heterocycles. The highest BCUT2D eigenvalue weighted by atomic mass is 15.0. The standard InChI is InChI=1S/C60H40N2/c1-4-14-41(15-5-1)43-24-31-49(32-25-43)61-57-23-13-12-22-53(57)54-38-46(28-35-58(54)61)47-29-36-59-55(39-47)56-40-48(52-21-11-10-20-51(52)45-18-8-3-9-19-45)30-37-60(56)62(59)50-33-26-44(27-34-50)42-16-6-2-7-17-42/h1-40H. The van der Waals surface area contributed by atoms with Crippen molar-refractivity contribution in [2.45, 2.75) is 0 Å². The molecule has 0 atom stereocenters. The van der Waals surface area contributed by atoms with Crippen LogP contribution in [-0.2, 0) is 0 Å². The van der Waals surface area contributed by atoms with Gasteiger partial charge in [0.15, 0.2) is 0 Å². The number of benzene rings is 10. The third-order valence-corrected chi connectivity index (χ3v) is 12.6. The van der Waals surface area contributed by atoms with Crippen LogP contribution in [0.4, 0.5) is 0 Å². The van der Waals surface area contributed by atoms with Gasteiger partial charge in [0.2, 0.25) is 0 Å². The maximum absolute atomic E-state index is 2.43. The summed E-state index contributed by atoms with van der Waals surface area (Å²) in [5.74, 6) is 0. The van der Waals surface area contributed by atoms with E-state index in [4.69, 9.17) is 0 Å². The van der Waals surface area contributed by atoms with E-state index in [9.17, 15) is 0 Å². The Hall–Kier alpha value is -8.20. The number of aromatic nitrogens is 2. The lowest BCUT2D eigenvalue weighted by atomic mass is 9.93. The third-order valence-electron chi connectivity index (χ3n) is 12.6. The molecule has 0 radical (unpaired) electrons. The van der Waals surface area contributed by atoms with Crippen LogP contribution in [0.15, 0.2) is 243 Å². The fourth-order valence-corrected chi connectivity index (χ4v) is 9.55. The Morgan fingerprint density at radius 1 is 0.194 bits per heavy atom. The number of rotatable bonds is 7. The summed E-state index contributed by atoms with van der Waals surface area (Å²) < 4.78 is 4.83. The van der Waals surface area contributed by atoms with E-state index in [1.165, 1.54) is 99.2 Å². The van der Waals surface area contributed by atoms with Gasteiger partial charge in [-0.1, -0.05) is 176 Å². The first-order chi connectivity index (χ1) is 30.7. The molecule has 10 aromatic carbocycles. The first-order valence-corrected chi connectivity index (χ1v) is 21.3. The fraction of sp³-hybridized carbons (Fsp3) is 0. The second-order valence-electron chi connectivity index (χ2n) is 16.1. The quantitative estimate of drug-likeness (QED) is 0.152. The molecule has 62 heavy (non-hydrogen) atoms. The predicted octanol–water partition coefficient (Wildman–Crippen LogP) is 16.2. The normalized spacial score (nSPS) is 11.5. The number of nitrogens with zero attached hydrogens (tertiary/aromatic N) is 2. The van der Waals surface area contributed by atoms with E-state index in [0.717, 1.165) is 11.4 Å². The summed E-state index contributed by atoms with van der Waals surface area (Å²) in [6.45, 7) is 0. The van der Waals surface area contributed by atoms with Gasteiger partial charge in [0, 0.05) is 32.9 Å². The molecule has 0 saturated carbocycles. The van der Waals surface area contributed by atoms with Crippen LogP contribution in [0.3, 0.4) is 0 Å². The summed E-state index contributed by atoms with van der Waals surface area (Å²) in [6, 6.07) is 88.4. The molecule has 0 unspecified atom stereocenters. The molecular formula is C60H40N2. The number of para-hydroxylation sites is 1. The molecule has 0 aliphatic carbocycles. The van der Waals surface area contributed by atoms with Crippen molar-refractivity contribution in [3.05, 3.63) is 243 Å². The minimum absolute atomic E-state index is 1.14. The zero-order chi connectivity index (χ0) is 41.0. The molecule has 0 N–H and O–H groups in total. The summed E-state index contributed by atoms with van der Waals surface area (Å²) in [5, 5.41) is 4.94. The van der Waals surface area contributed by atoms with Gasteiger partial charge in [0.25, 0.3) is 0 Å². The van der Waals surface area contributed by atoms with Crippen molar-refractivity contribution in [3.8, 4) is 67.0 Å². The molecule has 0 aliphatic rings. The summed E-state index contributed by atoms with van der Waals surface area (Å²) in [7, 11) is 0. The van der Waals surface area contributed by atoms with Crippen molar-refractivity contribution >= 4 is 43.6 Å². The lowest BCUT2D eigenvalue weighted by Crippen LogP contribution is -1.94. The van der Waals surface area contributed by atoms with Crippen molar-refractivity contribution in [3.63, 3.8) is 0 Å². The second kappa shape index (κ2) is 14.8. The Kier molecular flexibility index (Phi) is 8.53. The first-order valence-electron chi connectivity index (χ1n) is 21.3. The van der Waals surface area contributed by atoms with Crippen LogP contribution in [0.25, 0.3) is 111 Å². The van der Waals surface area contributed by atoms with E-state index in [2.05, 4.69) is 252 Å². The van der Waals surface area contributed by atoms with Gasteiger partial charge < -0.3 is 9.13 Å². The SMILES string of the molecule is c1ccc(-c2ccc(-n3c4ccccc4c4cc(-c5ccc6c(c5)c5cc(-c7ccccc7-c7ccccc7)ccc5n6-c5ccc(-c6ccccc6)cc5)ccc43)cc2)cc1. The van der Waals surface area contributed by atoms with Crippen molar-refractivity contribution in [1.82, 2.24) is 9.13 Å². The zero-order valence-corrected chi connectivity index (χ0v) is 34.0. The third kappa shape index (κ3) is 6.04. The number of fused-ring (bicyclic) bond motifs is 6. The predicted molar refractivity (Wildman–Crippen MR) is 262 cm³/mol. The van der Waals surface area contributed by atoms with Gasteiger partial charge in [0.05, 0.1) is 22.1 Å². The Morgan fingerprint density at radius 2 is 0.516 bits per heavy atom. The van der Waals surface area contributed by atoms with Gasteiger partial charge in [-0.3, -0.25) is 0 Å². The van der Waals surface area contributed by atoms with Crippen LogP contribution in [0.2, 0.25) is 0 Å². The van der Waals surface area contributed by atoms with Gasteiger partial charge in [-0.25, -0.2) is 0 Å². The molecule has 2 nitrogen and oxygen atoms in total. The maximum Gasteiger partial charge on any atom is 0.0541 e. The molecule has 290 valence electrons. The lowest BCUT2D eigenvalue weighted by molar-refractivity contribution is 1.18. The Bertz CT molecular complexity index is 3580. The lowest BCUT2D eigenvalue weighted by Gasteiger charge is -2.12. The molecule has 12 rings (SSSR count). The van der Waals surface area contributed by atoms with Crippen molar-refractivity contribution in [1.29, 1.82) is 0 Å². The van der Waals surface area contributed by atoms with Crippen LogP contribution < -0.4 is 0 Å². The highest BCUT2D eigenvalue weighted by molar-refractivity contribution is 6.13. The summed E-state index contributed by atoms with van der Waals surface area (Å²) in [6.07, 6.45) is 0. The molecule has 2 heteroatoms. The Balaban J connectivity index is 1.02. The van der Waals surface area contributed by atoms with E-state index in [0.29, 0.717) is 0 Å². The minimum atomic E-state index is 1.14. The summed E-state index contributed by atoms with van der Waals surface area (Å²) in [5.41, 5.74) is 19.2. The average molecular weight is 789 g/mol. The number of hydrogen-bond donors (Lipinski definition) is 0. The van der Waals surface area contributed by atoms with E-state index in [1.54, 1.807) is 0 Å². The van der Waals surface area contributed by atoms with Gasteiger partial charge >= 0.3 is 0 Å². The molecule has 0 fully saturated rings. The summed E-state index contributed by atoms with van der Waals surface area (Å²) in [4.78, 5) is 0. The monoisotopic (exact) mass is 788 g/mol. The highest BCUT2D eigenvalue weighted by Crippen LogP contribution is 2.41. The van der Waals surface area contributed by atoms with E-state index in [1.807, 2.05) is 0 Å². The van der Waals surface area contributed by atoms with Crippen molar-refractivity contribution in [2.75, 3.05) is 0 Å². The molecule has 2 aromatic heterocycles. The van der Waals surface area contributed by atoms with Gasteiger partial charge in [-0.2, -0.15) is 0 Å². The average Bonchev–Trinajstić information content (AvgIpc) is 3.86. The molecule has 12 aromatic rings.